The van der Waals surface area contributed by atoms with Crippen LogP contribution in [0.1, 0.15) is 50.5 Å². The number of carbonyl (C=O) groups is 2. The Bertz CT molecular complexity index is 4810. The second-order valence-corrected chi connectivity index (χ2v) is 27.2. The Morgan fingerprint density at radius 2 is 0.717 bits per heavy atom. The molecule has 4 amide bonds. The lowest BCUT2D eigenvalue weighted by molar-refractivity contribution is -0.253. The van der Waals surface area contributed by atoms with Crippen molar-refractivity contribution in [2.75, 3.05) is 60.8 Å². The van der Waals surface area contributed by atoms with E-state index in [0.29, 0.717) is 34.9 Å². The van der Waals surface area contributed by atoms with Crippen molar-refractivity contribution in [1.29, 1.82) is 0 Å². The number of nitrogens with one attached hydrogen (secondary N) is 5. The van der Waals surface area contributed by atoms with Gasteiger partial charge in [-0.1, -0.05) is 126 Å². The van der Waals surface area contributed by atoms with Crippen LogP contribution >= 0.6 is 34.8 Å². The third-order valence-corrected chi connectivity index (χ3v) is 17.3. The first kappa shape index (κ1) is 96.4. The lowest BCUT2D eigenvalue weighted by atomic mass is 9.80. The number of ether oxygens (including phenoxy) is 6. The second-order valence-electron chi connectivity index (χ2n) is 25.9. The predicted molar refractivity (Wildman–Crippen MR) is 396 cm³/mol. The average molecular weight is 1780 g/mol. The molecule has 0 aliphatic rings. The molecule has 0 saturated heterocycles. The molecule has 0 unspecified atom stereocenters. The molecule has 6 N–H and O–H groups in total. The molecular formula is C78H69Cl3F21N9O9. The minimum atomic E-state index is -4.98. The lowest BCUT2D eigenvalue weighted by Gasteiger charge is -2.36. The summed E-state index contributed by atoms with van der Waals surface area (Å²) in [5, 5.41) is 21.0. The van der Waals surface area contributed by atoms with E-state index in [1.165, 1.54) is 48.8 Å². The van der Waals surface area contributed by atoms with Gasteiger partial charge in [-0.3, -0.25) is 15.0 Å². The molecule has 0 aliphatic heterocycles. The molecule has 120 heavy (non-hydrogen) atoms. The number of pyridine rings is 3. The van der Waals surface area contributed by atoms with E-state index in [-0.39, 0.29) is 68.1 Å². The molecule has 0 radical (unpaired) electrons. The van der Waals surface area contributed by atoms with Crippen LogP contribution < -0.4 is 40.8 Å². The number of aliphatic hydroxyl groups is 1. The van der Waals surface area contributed by atoms with Crippen LogP contribution in [0.25, 0.3) is 0 Å². The largest absolute Gasteiger partial charge is 0.469 e. The van der Waals surface area contributed by atoms with Gasteiger partial charge in [-0.2, -0.15) is 52.7 Å². The van der Waals surface area contributed by atoms with Gasteiger partial charge in [0, 0.05) is 70.3 Å². The molecule has 0 saturated carbocycles. The van der Waals surface area contributed by atoms with Gasteiger partial charge in [-0.05, 0) is 106 Å². The first-order valence-electron chi connectivity index (χ1n) is 34.5. The molecule has 42 heteroatoms. The Hall–Kier alpha value is -10.7. The zero-order valence-electron chi connectivity index (χ0n) is 62.2. The van der Waals surface area contributed by atoms with Gasteiger partial charge in [0.25, 0.3) is 23.8 Å². The third-order valence-electron chi connectivity index (χ3n) is 16.6. The minimum Gasteiger partial charge on any atom is -0.469 e. The number of halogens is 24. The Morgan fingerprint density at radius 3 is 0.992 bits per heavy atom. The molecule has 9 rings (SSSR count). The number of nitrogens with zero attached hydrogens (tertiary/aromatic N) is 4. The van der Waals surface area contributed by atoms with Crippen molar-refractivity contribution >= 4 is 52.9 Å². The quantitative estimate of drug-likeness (QED) is 0.0124. The van der Waals surface area contributed by atoms with Crippen molar-refractivity contribution in [3.05, 3.63) is 284 Å². The number of methoxy groups -OCH3 is 3. The van der Waals surface area contributed by atoms with Gasteiger partial charge < -0.3 is 60.1 Å². The number of aliphatic imine (C=N–C) groups is 1. The summed E-state index contributed by atoms with van der Waals surface area (Å²) in [5.41, 5.74) is -4.81. The normalized spacial score (nSPS) is 13.7. The van der Waals surface area contributed by atoms with Gasteiger partial charge in [-0.15, -0.1) is 0 Å². The van der Waals surface area contributed by atoms with Gasteiger partial charge in [0.05, 0.1) is 52.3 Å². The molecule has 3 aromatic heterocycles. The molecule has 0 fully saturated rings. The summed E-state index contributed by atoms with van der Waals surface area (Å²) < 4.78 is 314. The highest BCUT2D eigenvalue weighted by atomic mass is 35.5. The number of aromatic nitrogens is 3. The van der Waals surface area contributed by atoms with Crippen LogP contribution in [0, 0.1) is 17.5 Å². The number of amides is 4. The van der Waals surface area contributed by atoms with E-state index in [1.54, 1.807) is 91.0 Å². The van der Waals surface area contributed by atoms with Crippen molar-refractivity contribution in [1.82, 2.24) is 41.5 Å². The highest BCUT2D eigenvalue weighted by Gasteiger charge is 2.49. The number of hydrogen-bond acceptors (Lipinski definition) is 13. The van der Waals surface area contributed by atoms with Crippen LogP contribution in [0.4, 0.5) is 102 Å². The van der Waals surface area contributed by atoms with Crippen LogP contribution in [0.15, 0.2) is 206 Å². The highest BCUT2D eigenvalue weighted by Crippen LogP contribution is 2.42. The molecule has 9 aromatic rings. The Morgan fingerprint density at radius 1 is 0.417 bits per heavy atom. The summed E-state index contributed by atoms with van der Waals surface area (Å²) in [6, 6.07) is 36.7. The number of alkyl halides is 18. The van der Waals surface area contributed by atoms with E-state index < -0.39 is 164 Å². The first-order valence-corrected chi connectivity index (χ1v) is 35.6. The molecule has 6 aromatic carbocycles. The highest BCUT2D eigenvalue weighted by molar-refractivity contribution is 6.31. The van der Waals surface area contributed by atoms with Gasteiger partial charge in [0.2, 0.25) is 0 Å². The Kier molecular flexibility index (Phi) is 33.7. The van der Waals surface area contributed by atoms with E-state index in [2.05, 4.69) is 59.6 Å². The summed E-state index contributed by atoms with van der Waals surface area (Å²) in [5.74, 6) is -16.9. The second kappa shape index (κ2) is 42.0. The molecular weight excluding hydrogens is 1710 g/mol. The van der Waals surface area contributed by atoms with Crippen LogP contribution in [0.3, 0.4) is 0 Å². The van der Waals surface area contributed by atoms with Gasteiger partial charge in [0.1, 0.15) is 77.7 Å². The maximum atomic E-state index is 14.9. The van der Waals surface area contributed by atoms with Crippen molar-refractivity contribution in [2.24, 2.45) is 4.99 Å². The van der Waals surface area contributed by atoms with Gasteiger partial charge in [0.15, 0.2) is 0 Å². The average Bonchev–Trinajstić information content (AvgIpc) is 0.766. The van der Waals surface area contributed by atoms with Crippen LogP contribution in [-0.4, -0.2) is 154 Å². The number of benzene rings is 6. The monoisotopic (exact) mass is 1780 g/mol. The molecule has 0 bridgehead atoms. The van der Waals surface area contributed by atoms with E-state index >= 15 is 0 Å². The van der Waals surface area contributed by atoms with Crippen LogP contribution in [0.2, 0.25) is 15.1 Å². The molecule has 0 aliphatic carbocycles. The SMILES string of the molecule is COCC(F)(F)CN=C(N[C@@](Cc1ccccc1)(c1cc(F)cc(OC(F)(F)C(F)F)c1)c1ccc(Cl)cn1)OC.COCC(F)(F)CNC(=O)N[C@@](Cc1ccccc1)(c1cc(F)cc(OC(F)(F)C(F)F)c1)c1ccc(Cl)cn1.O=C(NCC(F)(F)CO)N[C@@](Cc1ccccc1)(c1cc(F)cc(OC(F)(F)C(F)F)c1)c1ccc(Cl)cn1. The molecule has 18 nitrogen and oxygen atoms in total. The predicted octanol–water partition coefficient (Wildman–Crippen LogP) is 18.2. The zero-order valence-corrected chi connectivity index (χ0v) is 64.5. The maximum Gasteiger partial charge on any atom is 0.461 e. The van der Waals surface area contributed by atoms with E-state index in [1.807, 2.05) is 10.6 Å². The summed E-state index contributed by atoms with van der Waals surface area (Å²) in [7, 11) is 3.27. The standard InChI is InChI=1S/C27H25ClF7N3O3.C26H23ClF7N3O3.C25H21ClF7N3O3/c1-39-16-25(32,33)15-37-24(40-2)38-26(13-17-6-4-3-5-7-17,22-9-8-19(28)14-36-22)18-10-20(29)12-21(11-18)41-27(34,35)23(30)31;1-39-15-24(31,32)14-36-23(38)37-25(12-16-5-3-2-4-6-16,21-8-7-18(27)13-35-21)17-9-19(28)11-20(10-17)40-26(33,34)22(29)30;26-17-6-7-20(34-12-17)24(11-15-4-2-1-3-5-15,36-22(38)35-13-23(30,31)14-37)16-8-18(27)10-19(9-16)39-25(32,33)21(28)29/h3-12,14,23H,13,15-16H2,1-2H3,(H,37,38);2-11,13,22H,12,14-15H2,1H3,(H2,36,37,38);1-10,12,21,37H,11,13-14H2,(H2,35,36,38)/t26-;25-;24-/m000/s1. The first-order chi connectivity index (χ1) is 56.3. The van der Waals surface area contributed by atoms with Crippen LogP contribution in [-0.2, 0) is 50.1 Å². The Labute approximate surface area is 684 Å². The molecule has 648 valence electrons. The number of carbonyl (C=O) groups excluding carboxylic acids is 2. The lowest BCUT2D eigenvalue weighted by Crippen LogP contribution is -2.54. The van der Waals surface area contributed by atoms with E-state index in [0.717, 1.165) is 63.9 Å². The summed E-state index contributed by atoms with van der Waals surface area (Å²) in [4.78, 5) is 42.4. The number of urea groups is 2. The topological polar surface area (TPSA) is 221 Å². The van der Waals surface area contributed by atoms with E-state index in [9.17, 15) is 102 Å². The summed E-state index contributed by atoms with van der Waals surface area (Å²) in [6.07, 6.45) is -24.6. The van der Waals surface area contributed by atoms with Crippen molar-refractivity contribution in [2.45, 2.75) is 91.2 Å². The third kappa shape index (κ3) is 27.7. The fourth-order valence-corrected chi connectivity index (χ4v) is 11.7. The number of aliphatic hydroxyl groups excluding tert-OH is 1. The van der Waals surface area contributed by atoms with Gasteiger partial charge in [-0.25, -0.2) is 54.1 Å². The fourth-order valence-electron chi connectivity index (χ4n) is 11.4. The van der Waals surface area contributed by atoms with Crippen LogP contribution in [0.5, 0.6) is 17.2 Å². The minimum absolute atomic E-state index is 0.0169. The fraction of sp³-hybridized carbons (Fsp3) is 0.308. The van der Waals surface area contributed by atoms with Crippen molar-refractivity contribution < 1.29 is 135 Å². The maximum absolute atomic E-state index is 14.9. The number of amidine groups is 1. The summed E-state index contributed by atoms with van der Waals surface area (Å²) in [6.45, 7) is -7.02. The Balaban J connectivity index is 0.000000248. The van der Waals surface area contributed by atoms with E-state index in [4.69, 9.17) is 44.6 Å². The molecule has 3 atom stereocenters. The van der Waals surface area contributed by atoms with Crippen molar-refractivity contribution in [3.63, 3.8) is 0 Å². The van der Waals surface area contributed by atoms with Gasteiger partial charge >= 0.3 is 49.7 Å². The smallest absolute Gasteiger partial charge is 0.461 e. The number of rotatable bonds is 35. The zero-order chi connectivity index (χ0) is 88.7. The molecule has 3 heterocycles. The molecule has 0 spiro atoms. The summed E-state index contributed by atoms with van der Waals surface area (Å²) >= 11 is 17.9. The number of hydrogen-bond donors (Lipinski definition) is 6. The van der Waals surface area contributed by atoms with Crippen molar-refractivity contribution in [3.8, 4) is 17.2 Å².